The van der Waals surface area contributed by atoms with Gasteiger partial charge in [0.1, 0.15) is 17.2 Å². The van der Waals surface area contributed by atoms with Crippen LogP contribution < -0.4 is 32.3 Å². The number of benzene rings is 1. The van der Waals surface area contributed by atoms with Crippen molar-refractivity contribution in [3.05, 3.63) is 83.0 Å². The lowest BCUT2D eigenvalue weighted by Crippen LogP contribution is -2.48. The highest BCUT2D eigenvalue weighted by Crippen LogP contribution is 2.44. The van der Waals surface area contributed by atoms with Crippen molar-refractivity contribution >= 4 is 29.1 Å². The number of carbonyl (C=O) groups excluding carboxylic acids is 3. The summed E-state index contributed by atoms with van der Waals surface area (Å²) >= 11 is 0. The molecule has 0 radical (unpaired) electrons. The van der Waals surface area contributed by atoms with Gasteiger partial charge in [0.25, 0.3) is 11.8 Å². The first-order valence-corrected chi connectivity index (χ1v) is 19.9. The summed E-state index contributed by atoms with van der Waals surface area (Å²) in [6, 6.07) is 12.1. The Morgan fingerprint density at radius 1 is 0.964 bits per heavy atom. The standard InChI is InChI=1S/C39H49N11O3.C2H6/c1-23-6-5-15-49(18-23)39(53)31-10-3-7-26(43-31)19-48-20-27(21-48)50-33-22-47(2)36-28(29(33)17-42-50)8-4-9-30(36)45-32(35(41)38(52)44-25-13-14-25)16-34(40)46-37(51)24-11-12-24;1-2/h3-4,7-10,16-17,23-25,27,45H,5-6,11-15,18-22,40-41H2,1-2H3,(H,44,52)(H,46,51);1-2H3/b34-16+,35-32+;. The maximum Gasteiger partial charge on any atom is 0.272 e. The molecular weight excluding hydrogens is 695 g/mol. The minimum atomic E-state index is -0.382. The molecule has 7 N–H and O–H groups in total. The number of para-hydroxylation sites is 1. The van der Waals surface area contributed by atoms with Crippen LogP contribution in [0.4, 0.5) is 11.4 Å². The second kappa shape index (κ2) is 16.2. The summed E-state index contributed by atoms with van der Waals surface area (Å²) in [5.41, 5.74) is 19.3. The first-order valence-electron chi connectivity index (χ1n) is 19.9. The topological polar surface area (TPSA) is 180 Å². The fourth-order valence-electron chi connectivity index (χ4n) is 7.66. The van der Waals surface area contributed by atoms with Gasteiger partial charge in [-0.2, -0.15) is 5.10 Å². The Labute approximate surface area is 323 Å². The third-order valence-corrected chi connectivity index (χ3v) is 10.9. The van der Waals surface area contributed by atoms with E-state index in [4.69, 9.17) is 21.5 Å². The van der Waals surface area contributed by atoms with Gasteiger partial charge in [-0.15, -0.1) is 0 Å². The molecular formula is C41H55N11O3. The lowest BCUT2D eigenvalue weighted by Gasteiger charge is -2.40. The Hall–Kier alpha value is -5.37. The van der Waals surface area contributed by atoms with Gasteiger partial charge in [-0.1, -0.05) is 39.0 Å². The van der Waals surface area contributed by atoms with Gasteiger partial charge in [0.15, 0.2) is 0 Å². The van der Waals surface area contributed by atoms with Crippen molar-refractivity contribution in [2.24, 2.45) is 23.3 Å². The first kappa shape index (κ1) is 37.9. The van der Waals surface area contributed by atoms with Gasteiger partial charge in [0.2, 0.25) is 5.91 Å². The largest absolute Gasteiger partial charge is 0.393 e. The van der Waals surface area contributed by atoms with Crippen molar-refractivity contribution in [1.82, 2.24) is 35.2 Å². The number of anilines is 2. The number of pyridine rings is 1. The summed E-state index contributed by atoms with van der Waals surface area (Å²) in [4.78, 5) is 49.9. The second-order valence-corrected chi connectivity index (χ2v) is 15.4. The minimum absolute atomic E-state index is 0.00945. The van der Waals surface area contributed by atoms with E-state index in [9.17, 15) is 14.4 Å². The number of carbonyl (C=O) groups is 3. The number of likely N-dealkylation sites (tertiary alicyclic amines) is 2. The molecule has 3 aliphatic heterocycles. The molecule has 4 fully saturated rings. The summed E-state index contributed by atoms with van der Waals surface area (Å²) in [5.74, 6) is 0.133. The monoisotopic (exact) mass is 749 g/mol. The molecule has 1 unspecified atom stereocenters. The predicted octanol–water partition coefficient (Wildman–Crippen LogP) is 4.04. The van der Waals surface area contributed by atoms with E-state index in [2.05, 4.69) is 43.4 Å². The Bertz CT molecular complexity index is 1990. The summed E-state index contributed by atoms with van der Waals surface area (Å²) in [6.45, 7) is 10.8. The number of rotatable bonds is 11. The summed E-state index contributed by atoms with van der Waals surface area (Å²) < 4.78 is 2.15. The third kappa shape index (κ3) is 8.49. The maximum atomic E-state index is 13.2. The van der Waals surface area contributed by atoms with Crippen LogP contribution >= 0.6 is 0 Å². The number of nitrogens with zero attached hydrogens (tertiary/aromatic N) is 6. The van der Waals surface area contributed by atoms with Crippen LogP contribution in [0.1, 0.15) is 87.2 Å². The van der Waals surface area contributed by atoms with Crippen LogP contribution in [0.5, 0.6) is 0 Å². The Kier molecular flexibility index (Phi) is 11.1. The average Bonchev–Trinajstić information content (AvgIpc) is 4.12. The lowest BCUT2D eigenvalue weighted by atomic mass is 9.97. The highest BCUT2D eigenvalue weighted by Gasteiger charge is 2.35. The molecule has 0 bridgehead atoms. The van der Waals surface area contributed by atoms with Gasteiger partial charge in [0.05, 0.1) is 47.2 Å². The van der Waals surface area contributed by atoms with Gasteiger partial charge in [-0.05, 0) is 62.6 Å². The molecule has 14 heteroatoms. The van der Waals surface area contributed by atoms with Crippen molar-refractivity contribution in [3.63, 3.8) is 0 Å². The maximum absolute atomic E-state index is 13.2. The van der Waals surface area contributed by atoms with Gasteiger partial charge in [-0.25, -0.2) is 4.98 Å². The van der Waals surface area contributed by atoms with E-state index < -0.39 is 0 Å². The molecule has 3 aromatic rings. The molecule has 2 aromatic heterocycles. The number of amides is 3. The van der Waals surface area contributed by atoms with Crippen LogP contribution in [-0.4, -0.2) is 81.6 Å². The molecule has 3 amide bonds. The SMILES string of the molecule is CC.CC1CCCN(C(=O)c2cccc(CN3CC(n4ncc5c4CN(C)c4c(NC(/C=C(\N)NC(=O)C6CC6)=C(/N)C(=O)NC6CC6)cccc4-5)C3)n2)C1. The van der Waals surface area contributed by atoms with Crippen LogP contribution in [0.3, 0.4) is 0 Å². The van der Waals surface area contributed by atoms with Crippen LogP contribution in [0.2, 0.25) is 0 Å². The van der Waals surface area contributed by atoms with E-state index in [1.54, 1.807) is 0 Å². The van der Waals surface area contributed by atoms with Crippen molar-refractivity contribution in [1.29, 1.82) is 0 Å². The number of aromatic nitrogens is 3. The Morgan fingerprint density at radius 3 is 2.45 bits per heavy atom. The first-order chi connectivity index (χ1) is 26.6. The molecule has 8 rings (SSSR count). The molecule has 1 atom stereocenters. The molecule has 0 spiro atoms. The fraction of sp³-hybridized carbons (Fsp3) is 0.488. The summed E-state index contributed by atoms with van der Waals surface area (Å²) in [6.07, 6.45) is 9.21. The second-order valence-electron chi connectivity index (χ2n) is 15.4. The van der Waals surface area contributed by atoms with E-state index in [1.165, 1.54) is 12.5 Å². The molecule has 292 valence electrons. The molecule has 1 aromatic carbocycles. The van der Waals surface area contributed by atoms with Crippen LogP contribution in [0, 0.1) is 11.8 Å². The van der Waals surface area contributed by atoms with E-state index in [0.29, 0.717) is 30.4 Å². The zero-order chi connectivity index (χ0) is 38.8. The third-order valence-electron chi connectivity index (χ3n) is 10.9. The number of piperidine rings is 1. The molecule has 5 heterocycles. The van der Waals surface area contributed by atoms with Crippen LogP contribution in [0.15, 0.2) is 65.9 Å². The van der Waals surface area contributed by atoms with Gasteiger partial charge in [-0.3, -0.25) is 24.0 Å². The zero-order valence-electron chi connectivity index (χ0n) is 32.5. The molecule has 2 saturated heterocycles. The highest BCUT2D eigenvalue weighted by atomic mass is 16.2. The number of allylic oxidation sites excluding steroid dienone is 1. The molecule has 55 heavy (non-hydrogen) atoms. The molecule has 2 saturated carbocycles. The van der Waals surface area contributed by atoms with Crippen molar-refractivity contribution in [2.45, 2.75) is 84.5 Å². The Balaban J connectivity index is 0.00000229. The van der Waals surface area contributed by atoms with E-state index >= 15 is 0 Å². The molecule has 5 aliphatic rings. The van der Waals surface area contributed by atoms with Crippen LogP contribution in [0.25, 0.3) is 11.1 Å². The van der Waals surface area contributed by atoms with E-state index in [1.807, 2.05) is 62.3 Å². The quantitative estimate of drug-likeness (QED) is 0.142. The zero-order valence-corrected chi connectivity index (χ0v) is 32.5. The van der Waals surface area contributed by atoms with Crippen molar-refractivity contribution in [3.8, 4) is 11.1 Å². The van der Waals surface area contributed by atoms with Gasteiger partial charge >= 0.3 is 0 Å². The number of hydrogen-bond donors (Lipinski definition) is 5. The smallest absolute Gasteiger partial charge is 0.272 e. The predicted molar refractivity (Wildman–Crippen MR) is 213 cm³/mol. The van der Waals surface area contributed by atoms with E-state index in [-0.39, 0.29) is 47.2 Å². The Morgan fingerprint density at radius 2 is 1.73 bits per heavy atom. The molecule has 14 nitrogen and oxygen atoms in total. The van der Waals surface area contributed by atoms with E-state index in [0.717, 1.165) is 92.2 Å². The minimum Gasteiger partial charge on any atom is -0.393 e. The lowest BCUT2D eigenvalue weighted by molar-refractivity contribution is -0.121. The number of hydrogen-bond acceptors (Lipinski definition) is 10. The van der Waals surface area contributed by atoms with Gasteiger partial charge < -0.3 is 37.2 Å². The van der Waals surface area contributed by atoms with Crippen molar-refractivity contribution < 1.29 is 14.4 Å². The average molecular weight is 750 g/mol. The summed E-state index contributed by atoms with van der Waals surface area (Å²) in [7, 11) is 2.04. The number of nitrogens with one attached hydrogen (secondary N) is 3. The summed E-state index contributed by atoms with van der Waals surface area (Å²) in [5, 5.41) is 14.0. The normalized spacial score (nSPS) is 20.2. The fourth-order valence-corrected chi connectivity index (χ4v) is 7.66. The number of nitrogens with two attached hydrogens (primary N) is 2. The van der Waals surface area contributed by atoms with Crippen molar-refractivity contribution in [2.75, 3.05) is 43.4 Å². The number of fused-ring (bicyclic) bond motifs is 3. The molecule has 2 aliphatic carbocycles. The van der Waals surface area contributed by atoms with Crippen LogP contribution in [-0.2, 0) is 22.7 Å². The van der Waals surface area contributed by atoms with Gasteiger partial charge in [0, 0.05) is 68.9 Å². The highest BCUT2D eigenvalue weighted by molar-refractivity contribution is 5.96.